The van der Waals surface area contributed by atoms with Crippen LogP contribution < -0.4 is 0 Å². The van der Waals surface area contributed by atoms with Gasteiger partial charge in [0.05, 0.1) is 11.0 Å². The fourth-order valence-corrected chi connectivity index (χ4v) is 3.05. The fraction of sp³-hybridized carbons (Fsp3) is 0.588. The zero-order chi connectivity index (χ0) is 15.1. The molecule has 0 unspecified atom stereocenters. The lowest BCUT2D eigenvalue weighted by molar-refractivity contribution is 0.546. The van der Waals surface area contributed by atoms with Gasteiger partial charge in [-0.3, -0.25) is 0 Å². The van der Waals surface area contributed by atoms with Crippen molar-refractivity contribution in [2.75, 3.05) is 0 Å². The number of nitrogens with one attached hydrogen (secondary N) is 1. The van der Waals surface area contributed by atoms with E-state index in [1.54, 1.807) is 12.1 Å². The minimum Gasteiger partial charge on any atom is -0.331 e. The molecular formula is C17H25FN2S. The Morgan fingerprint density at radius 1 is 1.05 bits per heavy atom. The van der Waals surface area contributed by atoms with Gasteiger partial charge < -0.3 is 9.55 Å². The molecule has 2 rings (SSSR count). The van der Waals surface area contributed by atoms with Crippen LogP contribution in [0.15, 0.2) is 18.2 Å². The van der Waals surface area contributed by atoms with E-state index in [1.165, 1.54) is 51.0 Å². The molecule has 0 aliphatic carbocycles. The van der Waals surface area contributed by atoms with Crippen molar-refractivity contribution in [1.29, 1.82) is 0 Å². The highest BCUT2D eigenvalue weighted by molar-refractivity contribution is 7.71. The predicted octanol–water partition coefficient (Wildman–Crippen LogP) is 5.98. The van der Waals surface area contributed by atoms with Gasteiger partial charge in [0.15, 0.2) is 4.77 Å². The molecule has 0 amide bonds. The van der Waals surface area contributed by atoms with E-state index in [9.17, 15) is 4.39 Å². The Balaban J connectivity index is 1.80. The van der Waals surface area contributed by atoms with E-state index < -0.39 is 0 Å². The highest BCUT2D eigenvalue weighted by atomic mass is 32.1. The van der Waals surface area contributed by atoms with Gasteiger partial charge in [0.2, 0.25) is 0 Å². The third kappa shape index (κ3) is 4.67. The molecule has 0 aliphatic rings. The van der Waals surface area contributed by atoms with Crippen LogP contribution in [0.2, 0.25) is 0 Å². The number of unbranched alkanes of at least 4 members (excludes halogenated alkanes) is 7. The molecule has 0 bridgehead atoms. The molecule has 2 nitrogen and oxygen atoms in total. The van der Waals surface area contributed by atoms with Gasteiger partial charge in [-0.05, 0) is 36.8 Å². The standard InChI is InChI=1S/C17H25FN2S/c1-2-3-4-5-6-7-8-9-12-20-16-13-14(18)10-11-15(16)19-17(20)21/h10-11,13H,2-9,12H2,1H3,(H,19,21). The Morgan fingerprint density at radius 2 is 1.71 bits per heavy atom. The summed E-state index contributed by atoms with van der Waals surface area (Å²) in [5.41, 5.74) is 1.80. The number of nitrogens with zero attached hydrogens (tertiary/aromatic N) is 1. The van der Waals surface area contributed by atoms with E-state index in [0.29, 0.717) is 4.77 Å². The van der Waals surface area contributed by atoms with Gasteiger partial charge in [-0.15, -0.1) is 0 Å². The number of hydrogen-bond acceptors (Lipinski definition) is 1. The molecule has 0 radical (unpaired) electrons. The minimum atomic E-state index is -0.207. The number of fused-ring (bicyclic) bond motifs is 1. The second-order valence-corrected chi connectivity index (χ2v) is 6.10. The third-order valence-corrected chi connectivity index (χ3v) is 4.30. The highest BCUT2D eigenvalue weighted by Crippen LogP contribution is 2.17. The predicted molar refractivity (Wildman–Crippen MR) is 89.7 cm³/mol. The highest BCUT2D eigenvalue weighted by Gasteiger charge is 2.05. The second kappa shape index (κ2) is 8.32. The SMILES string of the molecule is CCCCCCCCCCn1c(=S)[nH]c2ccc(F)cc21. The Morgan fingerprint density at radius 3 is 2.43 bits per heavy atom. The number of imidazole rings is 1. The number of aromatic nitrogens is 2. The van der Waals surface area contributed by atoms with Gasteiger partial charge in [-0.25, -0.2) is 4.39 Å². The van der Waals surface area contributed by atoms with Crippen LogP contribution in [-0.2, 0) is 6.54 Å². The molecule has 116 valence electrons. The maximum Gasteiger partial charge on any atom is 0.178 e. The molecule has 1 aromatic carbocycles. The van der Waals surface area contributed by atoms with Gasteiger partial charge >= 0.3 is 0 Å². The van der Waals surface area contributed by atoms with E-state index in [2.05, 4.69) is 11.9 Å². The summed E-state index contributed by atoms with van der Waals surface area (Å²) in [6.45, 7) is 3.12. The van der Waals surface area contributed by atoms with Gasteiger partial charge in [0.25, 0.3) is 0 Å². The molecule has 0 saturated carbocycles. The van der Waals surface area contributed by atoms with Crippen LogP contribution in [0.25, 0.3) is 11.0 Å². The van der Waals surface area contributed by atoms with E-state index in [4.69, 9.17) is 12.2 Å². The summed E-state index contributed by atoms with van der Waals surface area (Å²) in [6, 6.07) is 4.78. The summed E-state index contributed by atoms with van der Waals surface area (Å²) < 4.78 is 16.1. The summed E-state index contributed by atoms with van der Waals surface area (Å²) in [5, 5.41) is 0. The first-order valence-corrected chi connectivity index (χ1v) is 8.51. The molecule has 1 N–H and O–H groups in total. The molecule has 2 aromatic rings. The normalized spacial score (nSPS) is 11.3. The first-order chi connectivity index (χ1) is 10.2. The average Bonchev–Trinajstić information content (AvgIpc) is 2.77. The van der Waals surface area contributed by atoms with Crippen LogP contribution in [-0.4, -0.2) is 9.55 Å². The molecule has 1 aromatic heterocycles. The zero-order valence-electron chi connectivity index (χ0n) is 12.8. The second-order valence-electron chi connectivity index (χ2n) is 5.72. The molecule has 0 saturated heterocycles. The Labute approximate surface area is 131 Å². The van der Waals surface area contributed by atoms with Crippen molar-refractivity contribution in [3.05, 3.63) is 28.8 Å². The largest absolute Gasteiger partial charge is 0.331 e. The summed E-state index contributed by atoms with van der Waals surface area (Å²) in [6.07, 6.45) is 10.3. The lowest BCUT2D eigenvalue weighted by atomic mass is 10.1. The average molecular weight is 308 g/mol. The van der Waals surface area contributed by atoms with E-state index in [-0.39, 0.29) is 5.82 Å². The van der Waals surface area contributed by atoms with Crippen molar-refractivity contribution in [2.24, 2.45) is 0 Å². The summed E-state index contributed by atoms with van der Waals surface area (Å²) >= 11 is 5.33. The van der Waals surface area contributed by atoms with E-state index >= 15 is 0 Å². The maximum atomic E-state index is 13.4. The van der Waals surface area contributed by atoms with Crippen LogP contribution in [0.3, 0.4) is 0 Å². The first kappa shape index (κ1) is 16.2. The molecule has 0 aliphatic heterocycles. The Kier molecular flexibility index (Phi) is 6.43. The number of aryl methyl sites for hydroxylation is 1. The van der Waals surface area contributed by atoms with Crippen LogP contribution in [0.1, 0.15) is 58.3 Å². The lowest BCUT2D eigenvalue weighted by Crippen LogP contribution is -1.98. The number of benzene rings is 1. The molecule has 1 heterocycles. The van der Waals surface area contributed by atoms with Crippen molar-refractivity contribution in [3.8, 4) is 0 Å². The van der Waals surface area contributed by atoms with Crippen LogP contribution in [0, 0.1) is 10.6 Å². The van der Waals surface area contributed by atoms with Crippen molar-refractivity contribution < 1.29 is 4.39 Å². The number of hydrogen-bond donors (Lipinski definition) is 1. The Hall–Kier alpha value is -1.16. The Bertz CT molecular complexity index is 615. The molecule has 21 heavy (non-hydrogen) atoms. The maximum absolute atomic E-state index is 13.4. The van der Waals surface area contributed by atoms with Gasteiger partial charge in [0.1, 0.15) is 5.82 Å². The minimum absolute atomic E-state index is 0.207. The first-order valence-electron chi connectivity index (χ1n) is 8.10. The fourth-order valence-electron chi connectivity index (χ4n) is 2.75. The summed E-state index contributed by atoms with van der Waals surface area (Å²) in [5.74, 6) is -0.207. The number of halogens is 1. The molecule has 0 fully saturated rings. The van der Waals surface area contributed by atoms with Crippen molar-refractivity contribution >= 4 is 23.3 Å². The molecule has 4 heteroatoms. The monoisotopic (exact) mass is 308 g/mol. The van der Waals surface area contributed by atoms with Crippen molar-refractivity contribution in [2.45, 2.75) is 64.8 Å². The van der Waals surface area contributed by atoms with E-state index in [1.807, 2.05) is 4.57 Å². The molecule has 0 atom stereocenters. The summed E-state index contributed by atoms with van der Waals surface area (Å²) in [4.78, 5) is 3.14. The van der Waals surface area contributed by atoms with Gasteiger partial charge in [0, 0.05) is 6.54 Å². The van der Waals surface area contributed by atoms with Crippen molar-refractivity contribution in [1.82, 2.24) is 9.55 Å². The molecular weight excluding hydrogens is 283 g/mol. The number of rotatable bonds is 9. The van der Waals surface area contributed by atoms with Crippen LogP contribution in [0.5, 0.6) is 0 Å². The summed E-state index contributed by atoms with van der Waals surface area (Å²) in [7, 11) is 0. The number of aromatic amines is 1. The zero-order valence-corrected chi connectivity index (χ0v) is 13.6. The quantitative estimate of drug-likeness (QED) is 0.446. The van der Waals surface area contributed by atoms with Gasteiger partial charge in [-0.1, -0.05) is 51.9 Å². The smallest absolute Gasteiger partial charge is 0.178 e. The van der Waals surface area contributed by atoms with E-state index in [0.717, 1.165) is 24.0 Å². The third-order valence-electron chi connectivity index (χ3n) is 3.97. The van der Waals surface area contributed by atoms with Crippen LogP contribution in [0.4, 0.5) is 4.39 Å². The van der Waals surface area contributed by atoms with Gasteiger partial charge in [-0.2, -0.15) is 0 Å². The van der Waals surface area contributed by atoms with Crippen LogP contribution >= 0.6 is 12.2 Å². The van der Waals surface area contributed by atoms with Crippen molar-refractivity contribution in [3.63, 3.8) is 0 Å². The topological polar surface area (TPSA) is 20.7 Å². The molecule has 0 spiro atoms. The number of H-pyrrole nitrogens is 1. The lowest BCUT2D eigenvalue weighted by Gasteiger charge is -2.05.